The van der Waals surface area contributed by atoms with E-state index in [4.69, 9.17) is 12.2 Å². The number of aliphatic hydroxyl groups is 1. The highest BCUT2D eigenvalue weighted by molar-refractivity contribution is 7.80. The lowest BCUT2D eigenvalue weighted by Crippen LogP contribution is -2.54. The van der Waals surface area contributed by atoms with Crippen molar-refractivity contribution in [3.05, 3.63) is 72.6 Å². The van der Waals surface area contributed by atoms with Gasteiger partial charge >= 0.3 is 0 Å². The van der Waals surface area contributed by atoms with Gasteiger partial charge in [-0.05, 0) is 54.9 Å². The van der Waals surface area contributed by atoms with Gasteiger partial charge in [-0.25, -0.2) is 4.39 Å². The predicted octanol–water partition coefficient (Wildman–Crippen LogP) is 4.15. The van der Waals surface area contributed by atoms with Gasteiger partial charge in [0, 0.05) is 38.6 Å². The fourth-order valence-electron chi connectivity index (χ4n) is 4.29. The van der Waals surface area contributed by atoms with Gasteiger partial charge < -0.3 is 15.3 Å². The molecule has 2 saturated heterocycles. The molecule has 1 aromatic carbocycles. The van der Waals surface area contributed by atoms with Crippen molar-refractivity contribution in [1.82, 2.24) is 15.1 Å². The zero-order chi connectivity index (χ0) is 22.9. The largest absolute Gasteiger partial charge is 0.386 e. The van der Waals surface area contributed by atoms with Crippen LogP contribution in [0.2, 0.25) is 0 Å². The van der Waals surface area contributed by atoms with Gasteiger partial charge in [-0.2, -0.15) is 0 Å². The van der Waals surface area contributed by atoms with Crippen LogP contribution < -0.4 is 5.32 Å². The molecule has 1 aromatic rings. The maximum absolute atomic E-state index is 11.9. The number of benzene rings is 1. The molecule has 0 aliphatic carbocycles. The van der Waals surface area contributed by atoms with E-state index in [-0.39, 0.29) is 5.82 Å². The Labute approximate surface area is 192 Å². The first-order valence-corrected chi connectivity index (χ1v) is 11.5. The Kier molecular flexibility index (Phi) is 9.88. The van der Waals surface area contributed by atoms with E-state index in [1.165, 1.54) is 23.3 Å². The van der Waals surface area contributed by atoms with E-state index in [2.05, 4.69) is 28.3 Å². The van der Waals surface area contributed by atoms with E-state index in [0.29, 0.717) is 12.5 Å². The van der Waals surface area contributed by atoms with Gasteiger partial charge in [-0.15, -0.1) is 0 Å². The van der Waals surface area contributed by atoms with Crippen molar-refractivity contribution >= 4 is 17.3 Å². The molecule has 0 radical (unpaired) electrons. The normalized spacial score (nSPS) is 26.3. The number of rotatable bonds is 4. The van der Waals surface area contributed by atoms with Crippen LogP contribution >= 0.6 is 12.2 Å². The average molecular weight is 446 g/mol. The van der Waals surface area contributed by atoms with Crippen LogP contribution in [-0.2, 0) is 0 Å². The maximum Gasteiger partial charge on any atom is 0.169 e. The quantitative estimate of drug-likeness (QED) is 0.681. The van der Waals surface area contributed by atoms with Crippen LogP contribution in [0.1, 0.15) is 26.7 Å². The van der Waals surface area contributed by atoms with E-state index in [9.17, 15) is 9.50 Å². The van der Waals surface area contributed by atoms with Crippen LogP contribution in [0.25, 0.3) is 0 Å². The van der Waals surface area contributed by atoms with Gasteiger partial charge in [0.1, 0.15) is 5.82 Å². The molecule has 0 aromatic heterocycles. The number of piperidine rings is 1. The number of fused-ring (bicyclic) bond motifs is 2. The Bertz CT molecular complexity index is 782. The van der Waals surface area contributed by atoms with Gasteiger partial charge in [-0.1, -0.05) is 57.4 Å². The van der Waals surface area contributed by atoms with Crippen molar-refractivity contribution in [2.45, 2.75) is 32.3 Å². The summed E-state index contributed by atoms with van der Waals surface area (Å²) in [6.07, 6.45) is 5.84. The predicted molar refractivity (Wildman–Crippen MR) is 131 cm³/mol. The average Bonchev–Trinajstić information content (AvgIpc) is 3.40. The summed E-state index contributed by atoms with van der Waals surface area (Å²) in [4.78, 5) is 4.49. The van der Waals surface area contributed by atoms with Crippen molar-refractivity contribution in [2.75, 3.05) is 39.3 Å². The Hall–Kier alpha value is -2.02. The van der Waals surface area contributed by atoms with Gasteiger partial charge in [0.2, 0.25) is 0 Å². The second kappa shape index (κ2) is 12.1. The molecule has 3 aliphatic rings. The molecule has 0 amide bonds. The van der Waals surface area contributed by atoms with Gasteiger partial charge in [-0.3, -0.25) is 4.90 Å². The first-order chi connectivity index (χ1) is 14.9. The number of nitrogens with one attached hydrogen (secondary N) is 1. The fraction of sp³-hybridized carbons (Fsp3) is 0.480. The second-order valence-electron chi connectivity index (χ2n) is 7.91. The molecule has 2 fully saturated rings. The Morgan fingerprint density at radius 3 is 2.39 bits per heavy atom. The van der Waals surface area contributed by atoms with Crippen LogP contribution in [0, 0.1) is 11.7 Å². The number of hydrogen-bond donors (Lipinski definition) is 2. The lowest BCUT2D eigenvalue weighted by atomic mass is 9.87. The number of allylic oxidation sites excluding steroid dienone is 1. The van der Waals surface area contributed by atoms with E-state index < -0.39 is 5.60 Å². The molecule has 3 aliphatic heterocycles. The zero-order valence-corrected chi connectivity index (χ0v) is 19.6. The third-order valence-electron chi connectivity index (χ3n) is 6.01. The summed E-state index contributed by atoms with van der Waals surface area (Å²) in [5, 5.41) is 14.8. The SMILES string of the molecule is C=CC1=C(C=C)CN(C(=S)NCC2(O)CN3CCC2C3)CC1.CC.Fc1ccccc1. The second-order valence-corrected chi connectivity index (χ2v) is 8.30. The molecule has 170 valence electrons. The molecule has 0 spiro atoms. The van der Waals surface area contributed by atoms with Gasteiger partial charge in [0.15, 0.2) is 5.11 Å². The molecule has 4 nitrogen and oxygen atoms in total. The van der Waals surface area contributed by atoms with Gasteiger partial charge in [0.25, 0.3) is 0 Å². The van der Waals surface area contributed by atoms with E-state index >= 15 is 0 Å². The molecule has 3 unspecified atom stereocenters. The Morgan fingerprint density at radius 2 is 1.90 bits per heavy atom. The fourth-order valence-corrected chi connectivity index (χ4v) is 4.52. The highest BCUT2D eigenvalue weighted by Crippen LogP contribution is 2.35. The maximum atomic E-state index is 11.9. The van der Waals surface area contributed by atoms with Crippen molar-refractivity contribution in [3.8, 4) is 0 Å². The van der Waals surface area contributed by atoms with Crippen molar-refractivity contribution in [1.29, 1.82) is 0 Å². The molecular weight excluding hydrogens is 409 g/mol. The van der Waals surface area contributed by atoms with Crippen molar-refractivity contribution in [3.63, 3.8) is 0 Å². The summed E-state index contributed by atoms with van der Waals surface area (Å²) < 4.78 is 11.9. The number of nitrogens with zero attached hydrogens (tertiary/aromatic N) is 2. The molecule has 4 rings (SSSR count). The molecule has 0 saturated carbocycles. The summed E-state index contributed by atoms with van der Waals surface area (Å²) in [5.74, 6) is 0.211. The van der Waals surface area contributed by atoms with E-state index in [0.717, 1.165) is 50.7 Å². The summed E-state index contributed by atoms with van der Waals surface area (Å²) in [6.45, 7) is 16.9. The molecule has 2 N–H and O–H groups in total. The zero-order valence-electron chi connectivity index (χ0n) is 18.8. The highest BCUT2D eigenvalue weighted by atomic mass is 32.1. The third-order valence-corrected chi connectivity index (χ3v) is 6.42. The number of halogens is 1. The smallest absolute Gasteiger partial charge is 0.169 e. The standard InChI is InChI=1S/C17H25N3OS.C6H5F.C2H6/c1-3-13-5-8-20(9-14(13)4-2)16(22)18-11-17(21)12-19-7-6-15(17)10-19;7-6-4-2-1-3-5-6;1-2/h3-4,15,21H,1-2,5-12H2,(H,18,22);1-5H;1-2H3. The minimum atomic E-state index is -0.624. The monoisotopic (exact) mass is 445 g/mol. The third kappa shape index (κ3) is 6.73. The van der Waals surface area contributed by atoms with Crippen molar-refractivity contribution in [2.24, 2.45) is 5.92 Å². The molecular formula is C25H36FN3OS. The summed E-state index contributed by atoms with van der Waals surface area (Å²) >= 11 is 5.53. The topological polar surface area (TPSA) is 38.7 Å². The first-order valence-electron chi connectivity index (χ1n) is 11.1. The summed E-state index contributed by atoms with van der Waals surface area (Å²) in [5.41, 5.74) is 1.82. The minimum absolute atomic E-state index is 0.178. The van der Waals surface area contributed by atoms with Crippen LogP contribution in [0.5, 0.6) is 0 Å². The lowest BCUT2D eigenvalue weighted by Gasteiger charge is -2.36. The van der Waals surface area contributed by atoms with Crippen LogP contribution in [-0.4, -0.2) is 64.9 Å². The molecule has 3 heterocycles. The Morgan fingerprint density at radius 1 is 1.23 bits per heavy atom. The van der Waals surface area contributed by atoms with Crippen LogP contribution in [0.4, 0.5) is 4.39 Å². The summed E-state index contributed by atoms with van der Waals surface area (Å²) in [7, 11) is 0. The molecule has 2 bridgehead atoms. The lowest BCUT2D eigenvalue weighted by molar-refractivity contribution is -0.000712. The highest BCUT2D eigenvalue weighted by Gasteiger charge is 2.48. The first kappa shape index (κ1) is 25.2. The van der Waals surface area contributed by atoms with E-state index in [1.807, 2.05) is 26.0 Å². The van der Waals surface area contributed by atoms with E-state index in [1.54, 1.807) is 18.2 Å². The van der Waals surface area contributed by atoms with Crippen LogP contribution in [0.3, 0.4) is 0 Å². The molecule has 31 heavy (non-hydrogen) atoms. The van der Waals surface area contributed by atoms with Crippen LogP contribution in [0.15, 0.2) is 66.8 Å². The molecule has 3 atom stereocenters. The number of hydrogen-bond acceptors (Lipinski definition) is 3. The number of thiocarbonyl (C=S) groups is 1. The van der Waals surface area contributed by atoms with Gasteiger partial charge in [0.05, 0.1) is 5.60 Å². The van der Waals surface area contributed by atoms with Crippen molar-refractivity contribution < 1.29 is 9.50 Å². The molecule has 6 heteroatoms. The minimum Gasteiger partial charge on any atom is -0.386 e. The Balaban J connectivity index is 0.000000319. The summed E-state index contributed by atoms with van der Waals surface area (Å²) in [6, 6.07) is 7.94.